The summed E-state index contributed by atoms with van der Waals surface area (Å²) in [5.74, 6) is 0.239. The second kappa shape index (κ2) is 4.44. The van der Waals surface area contributed by atoms with Crippen molar-refractivity contribution < 1.29 is 4.39 Å². The molecule has 1 aromatic carbocycles. The van der Waals surface area contributed by atoms with Crippen LogP contribution < -0.4 is 9.80 Å². The van der Waals surface area contributed by atoms with Gasteiger partial charge in [-0.3, -0.25) is 0 Å². The van der Waals surface area contributed by atoms with Gasteiger partial charge in [-0.15, -0.1) is 0 Å². The van der Waals surface area contributed by atoms with Crippen LogP contribution in [-0.4, -0.2) is 35.6 Å². The zero-order valence-electron chi connectivity index (χ0n) is 11.0. The molecule has 2 aliphatic heterocycles. The molecule has 20 heavy (non-hydrogen) atoms. The average Bonchev–Trinajstić information content (AvgIpc) is 2.85. The van der Waals surface area contributed by atoms with Crippen molar-refractivity contribution in [1.82, 2.24) is 9.97 Å². The van der Waals surface area contributed by atoms with Crippen LogP contribution in [0, 0.1) is 5.82 Å². The molecule has 0 radical (unpaired) electrons. The molecule has 0 aliphatic carbocycles. The summed E-state index contributed by atoms with van der Waals surface area (Å²) in [5.41, 5.74) is 2.77. The fourth-order valence-corrected chi connectivity index (χ4v) is 3.22. The molecule has 3 heterocycles. The van der Waals surface area contributed by atoms with Gasteiger partial charge in [0.1, 0.15) is 0 Å². The van der Waals surface area contributed by atoms with Crippen molar-refractivity contribution in [2.24, 2.45) is 0 Å². The highest BCUT2D eigenvalue weighted by molar-refractivity contribution is 5.61. The molecule has 0 N–H and O–H groups in total. The fraction of sp³-hybridized carbons (Fsp3) is 0.333. The Morgan fingerprint density at radius 3 is 2.75 bits per heavy atom. The van der Waals surface area contributed by atoms with E-state index in [-0.39, 0.29) is 5.82 Å². The van der Waals surface area contributed by atoms with Crippen molar-refractivity contribution in [3.05, 3.63) is 48.0 Å². The molecule has 1 aromatic heterocycles. The lowest BCUT2D eigenvalue weighted by Gasteiger charge is -2.39. The first-order valence-electron chi connectivity index (χ1n) is 6.88. The number of piperazine rings is 1. The molecular formula is C15H15FN4. The standard InChI is InChI=1S/C15H15FN4/c16-12-8-17-15(18-9-12)19-5-6-20-13(10-19)7-11-3-1-2-4-14(11)20/h1-4,8-9,13H,5-7,10H2/t13-/m0/s1. The van der Waals surface area contributed by atoms with Gasteiger partial charge in [0.15, 0.2) is 5.82 Å². The van der Waals surface area contributed by atoms with Crippen LogP contribution in [0.3, 0.4) is 0 Å². The summed E-state index contributed by atoms with van der Waals surface area (Å²) in [6, 6.07) is 9.05. The minimum Gasteiger partial charge on any atom is -0.364 e. The predicted octanol–water partition coefficient (Wildman–Crippen LogP) is 1.87. The van der Waals surface area contributed by atoms with E-state index in [2.05, 4.69) is 44.0 Å². The number of aromatic nitrogens is 2. The molecule has 4 nitrogen and oxygen atoms in total. The number of benzene rings is 1. The SMILES string of the molecule is Fc1cnc(N2CCN3c4ccccc4C[C@H]3C2)nc1. The molecule has 4 rings (SSSR count). The topological polar surface area (TPSA) is 32.3 Å². The Balaban J connectivity index is 1.56. The third-order valence-electron chi connectivity index (χ3n) is 4.13. The molecule has 1 atom stereocenters. The van der Waals surface area contributed by atoms with E-state index in [0.717, 1.165) is 26.1 Å². The number of rotatable bonds is 1. The Morgan fingerprint density at radius 2 is 1.90 bits per heavy atom. The van der Waals surface area contributed by atoms with Crippen molar-refractivity contribution in [3.63, 3.8) is 0 Å². The van der Waals surface area contributed by atoms with E-state index in [1.54, 1.807) is 0 Å². The number of halogens is 1. The molecule has 0 amide bonds. The Kier molecular flexibility index (Phi) is 2.58. The number of hydrogen-bond acceptors (Lipinski definition) is 4. The van der Waals surface area contributed by atoms with Gasteiger partial charge in [-0.2, -0.15) is 0 Å². The lowest BCUT2D eigenvalue weighted by atomic mass is 10.1. The van der Waals surface area contributed by atoms with E-state index < -0.39 is 0 Å². The molecule has 0 bridgehead atoms. The van der Waals surface area contributed by atoms with Crippen LogP contribution in [0.1, 0.15) is 5.56 Å². The molecule has 1 fully saturated rings. The monoisotopic (exact) mass is 270 g/mol. The largest absolute Gasteiger partial charge is 0.364 e. The van der Waals surface area contributed by atoms with Gasteiger partial charge in [0, 0.05) is 25.3 Å². The van der Waals surface area contributed by atoms with Crippen LogP contribution in [0.4, 0.5) is 16.0 Å². The van der Waals surface area contributed by atoms with Crippen molar-refractivity contribution in [2.45, 2.75) is 12.5 Å². The Hall–Kier alpha value is -2.17. The van der Waals surface area contributed by atoms with E-state index in [1.165, 1.54) is 23.6 Å². The highest BCUT2D eigenvalue weighted by Gasteiger charge is 2.34. The minimum absolute atomic E-state index is 0.388. The van der Waals surface area contributed by atoms with Crippen LogP contribution in [0.5, 0.6) is 0 Å². The third kappa shape index (κ3) is 1.81. The van der Waals surface area contributed by atoms with Gasteiger partial charge in [-0.25, -0.2) is 14.4 Å². The van der Waals surface area contributed by atoms with Crippen molar-refractivity contribution in [1.29, 1.82) is 0 Å². The molecule has 0 unspecified atom stereocenters. The highest BCUT2D eigenvalue weighted by atomic mass is 19.1. The summed E-state index contributed by atoms with van der Waals surface area (Å²) in [4.78, 5) is 12.8. The first-order chi connectivity index (χ1) is 9.81. The highest BCUT2D eigenvalue weighted by Crippen LogP contribution is 2.34. The van der Waals surface area contributed by atoms with E-state index in [1.807, 2.05) is 0 Å². The zero-order valence-corrected chi connectivity index (χ0v) is 11.0. The van der Waals surface area contributed by atoms with E-state index >= 15 is 0 Å². The summed E-state index contributed by atoms with van der Waals surface area (Å²) < 4.78 is 12.9. The van der Waals surface area contributed by atoms with Crippen LogP contribution in [0.15, 0.2) is 36.7 Å². The lowest BCUT2D eigenvalue weighted by Crippen LogP contribution is -2.52. The molecule has 2 aliphatic rings. The van der Waals surface area contributed by atoms with E-state index in [4.69, 9.17) is 0 Å². The smallest absolute Gasteiger partial charge is 0.225 e. The van der Waals surface area contributed by atoms with Gasteiger partial charge in [-0.05, 0) is 18.1 Å². The second-order valence-electron chi connectivity index (χ2n) is 5.33. The van der Waals surface area contributed by atoms with Crippen LogP contribution >= 0.6 is 0 Å². The predicted molar refractivity (Wildman–Crippen MR) is 75.5 cm³/mol. The Labute approximate surface area is 116 Å². The van der Waals surface area contributed by atoms with Crippen molar-refractivity contribution in [2.75, 3.05) is 29.4 Å². The summed E-state index contributed by atoms with van der Waals surface area (Å²) in [7, 11) is 0. The van der Waals surface area contributed by atoms with Crippen LogP contribution in [0.25, 0.3) is 0 Å². The molecule has 1 saturated heterocycles. The number of para-hydroxylation sites is 1. The van der Waals surface area contributed by atoms with Gasteiger partial charge in [0.2, 0.25) is 5.95 Å². The van der Waals surface area contributed by atoms with Crippen molar-refractivity contribution in [3.8, 4) is 0 Å². The van der Waals surface area contributed by atoms with Gasteiger partial charge in [-0.1, -0.05) is 18.2 Å². The average molecular weight is 270 g/mol. The molecular weight excluding hydrogens is 255 g/mol. The maximum atomic E-state index is 12.9. The normalized spacial score (nSPS) is 20.8. The quantitative estimate of drug-likeness (QED) is 0.792. The first kappa shape index (κ1) is 11.6. The summed E-state index contributed by atoms with van der Waals surface area (Å²) in [6.07, 6.45) is 3.53. The number of nitrogens with zero attached hydrogens (tertiary/aromatic N) is 4. The maximum Gasteiger partial charge on any atom is 0.225 e. The molecule has 2 aromatic rings. The molecule has 102 valence electrons. The minimum atomic E-state index is -0.388. The summed E-state index contributed by atoms with van der Waals surface area (Å²) >= 11 is 0. The van der Waals surface area contributed by atoms with Gasteiger partial charge < -0.3 is 9.80 Å². The van der Waals surface area contributed by atoms with E-state index in [9.17, 15) is 4.39 Å². The van der Waals surface area contributed by atoms with Crippen LogP contribution in [0.2, 0.25) is 0 Å². The number of anilines is 2. The van der Waals surface area contributed by atoms with Crippen LogP contribution in [-0.2, 0) is 6.42 Å². The number of fused-ring (bicyclic) bond motifs is 3. The molecule has 0 spiro atoms. The second-order valence-corrected chi connectivity index (χ2v) is 5.33. The Bertz CT molecular complexity index is 628. The zero-order chi connectivity index (χ0) is 13.5. The molecule has 0 saturated carbocycles. The van der Waals surface area contributed by atoms with E-state index in [0.29, 0.717) is 12.0 Å². The fourth-order valence-electron chi connectivity index (χ4n) is 3.22. The third-order valence-corrected chi connectivity index (χ3v) is 4.13. The lowest BCUT2D eigenvalue weighted by molar-refractivity contribution is 0.533. The van der Waals surface area contributed by atoms with Gasteiger partial charge >= 0.3 is 0 Å². The first-order valence-corrected chi connectivity index (χ1v) is 6.88. The number of hydrogen-bond donors (Lipinski definition) is 0. The van der Waals surface area contributed by atoms with Crippen molar-refractivity contribution >= 4 is 11.6 Å². The maximum absolute atomic E-state index is 12.9. The summed E-state index contributed by atoms with van der Waals surface area (Å²) in [6.45, 7) is 2.72. The van der Waals surface area contributed by atoms with Gasteiger partial charge in [0.05, 0.1) is 18.4 Å². The Morgan fingerprint density at radius 1 is 1.10 bits per heavy atom. The van der Waals surface area contributed by atoms with Gasteiger partial charge in [0.25, 0.3) is 0 Å². The molecule has 5 heteroatoms. The summed E-state index contributed by atoms with van der Waals surface area (Å²) in [5, 5.41) is 0.